The molecule has 3 rings (SSSR count). The molecule has 0 bridgehead atoms. The first kappa shape index (κ1) is 16.2. The quantitative estimate of drug-likeness (QED) is 0.763. The van der Waals surface area contributed by atoms with Crippen LogP contribution < -0.4 is 4.90 Å². The molecule has 9 heteroatoms. The number of aromatic nitrogens is 1. The van der Waals surface area contributed by atoms with Gasteiger partial charge in [0.15, 0.2) is 5.13 Å². The van der Waals surface area contributed by atoms with Gasteiger partial charge in [-0.2, -0.15) is 4.31 Å². The fourth-order valence-corrected chi connectivity index (χ4v) is 5.45. The van der Waals surface area contributed by atoms with Gasteiger partial charge in [0.25, 0.3) is 0 Å². The standard InChI is InChI=1S/C13H13BrClN3O2S2/c14-10-1-2-12(11(15)9-10)22(19,20)18-6-4-17(5-7-18)13-16-3-8-21-13/h1-3,8-9H,4-7H2. The summed E-state index contributed by atoms with van der Waals surface area (Å²) in [6.45, 7) is 2.10. The monoisotopic (exact) mass is 421 g/mol. The molecule has 1 aromatic heterocycles. The third-order valence-electron chi connectivity index (χ3n) is 3.44. The molecule has 0 radical (unpaired) electrons. The van der Waals surface area contributed by atoms with Crippen molar-refractivity contribution in [3.8, 4) is 0 Å². The molecule has 0 N–H and O–H groups in total. The molecular weight excluding hydrogens is 410 g/mol. The van der Waals surface area contributed by atoms with E-state index in [0.717, 1.165) is 9.60 Å². The second kappa shape index (κ2) is 6.45. The van der Waals surface area contributed by atoms with Gasteiger partial charge < -0.3 is 4.90 Å². The molecule has 1 aliphatic heterocycles. The number of piperazine rings is 1. The lowest BCUT2D eigenvalue weighted by atomic mass is 10.4. The Morgan fingerprint density at radius 2 is 1.95 bits per heavy atom. The number of hydrogen-bond donors (Lipinski definition) is 0. The fraction of sp³-hybridized carbons (Fsp3) is 0.308. The first-order chi connectivity index (χ1) is 10.5. The van der Waals surface area contributed by atoms with E-state index in [4.69, 9.17) is 11.6 Å². The summed E-state index contributed by atoms with van der Waals surface area (Å²) in [6.07, 6.45) is 1.75. The summed E-state index contributed by atoms with van der Waals surface area (Å²) in [4.78, 5) is 6.51. The van der Waals surface area contributed by atoms with E-state index in [2.05, 4.69) is 25.8 Å². The van der Waals surface area contributed by atoms with Crippen LogP contribution in [0.2, 0.25) is 5.02 Å². The summed E-state index contributed by atoms with van der Waals surface area (Å²) < 4.78 is 27.6. The van der Waals surface area contributed by atoms with E-state index in [1.54, 1.807) is 29.7 Å². The number of thiazole rings is 1. The van der Waals surface area contributed by atoms with Crippen molar-refractivity contribution in [2.24, 2.45) is 0 Å². The molecule has 22 heavy (non-hydrogen) atoms. The van der Waals surface area contributed by atoms with Gasteiger partial charge in [-0.05, 0) is 18.2 Å². The SMILES string of the molecule is O=S(=O)(c1ccc(Br)cc1Cl)N1CCN(c2nccs2)CC1. The molecule has 2 heterocycles. The molecule has 0 unspecified atom stereocenters. The molecule has 0 atom stereocenters. The molecule has 0 aliphatic carbocycles. The lowest BCUT2D eigenvalue weighted by Crippen LogP contribution is -2.48. The van der Waals surface area contributed by atoms with E-state index in [9.17, 15) is 8.42 Å². The highest BCUT2D eigenvalue weighted by Gasteiger charge is 2.30. The minimum Gasteiger partial charge on any atom is -0.345 e. The molecule has 1 aromatic carbocycles. The van der Waals surface area contributed by atoms with Crippen molar-refractivity contribution in [2.45, 2.75) is 4.90 Å². The highest BCUT2D eigenvalue weighted by Crippen LogP contribution is 2.29. The van der Waals surface area contributed by atoms with Gasteiger partial charge >= 0.3 is 0 Å². The Hall–Kier alpha value is -0.670. The number of benzene rings is 1. The summed E-state index contributed by atoms with van der Waals surface area (Å²) >= 11 is 10.9. The van der Waals surface area contributed by atoms with E-state index < -0.39 is 10.0 Å². The van der Waals surface area contributed by atoms with Crippen LogP contribution in [0.3, 0.4) is 0 Å². The molecule has 0 spiro atoms. The average molecular weight is 423 g/mol. The molecule has 0 amide bonds. The van der Waals surface area contributed by atoms with E-state index in [-0.39, 0.29) is 9.92 Å². The molecule has 0 saturated carbocycles. The maximum absolute atomic E-state index is 12.7. The maximum Gasteiger partial charge on any atom is 0.244 e. The van der Waals surface area contributed by atoms with Crippen LogP contribution in [0, 0.1) is 0 Å². The number of hydrogen-bond acceptors (Lipinski definition) is 5. The van der Waals surface area contributed by atoms with Gasteiger partial charge in [-0.15, -0.1) is 11.3 Å². The predicted octanol–water partition coefficient (Wildman–Crippen LogP) is 3.07. The largest absolute Gasteiger partial charge is 0.345 e. The Morgan fingerprint density at radius 1 is 1.23 bits per heavy atom. The van der Waals surface area contributed by atoms with Crippen molar-refractivity contribution >= 4 is 54.0 Å². The molecular formula is C13H13BrClN3O2S2. The zero-order chi connectivity index (χ0) is 15.7. The van der Waals surface area contributed by atoms with Gasteiger partial charge in [-0.3, -0.25) is 0 Å². The highest BCUT2D eigenvalue weighted by atomic mass is 79.9. The summed E-state index contributed by atoms with van der Waals surface area (Å²) in [5.41, 5.74) is 0. The van der Waals surface area contributed by atoms with E-state index in [1.807, 2.05) is 5.38 Å². The van der Waals surface area contributed by atoms with Crippen LogP contribution in [0.25, 0.3) is 0 Å². The van der Waals surface area contributed by atoms with Gasteiger partial charge in [0.05, 0.1) is 5.02 Å². The van der Waals surface area contributed by atoms with E-state index in [1.165, 1.54) is 10.4 Å². The molecule has 1 aliphatic rings. The van der Waals surface area contributed by atoms with Crippen LogP contribution in [-0.4, -0.2) is 43.9 Å². The molecule has 118 valence electrons. The Kier molecular flexibility index (Phi) is 4.75. The summed E-state index contributed by atoms with van der Waals surface area (Å²) in [5, 5.41) is 3.08. The Balaban J connectivity index is 1.77. The summed E-state index contributed by atoms with van der Waals surface area (Å²) in [6, 6.07) is 4.82. The van der Waals surface area contributed by atoms with Crippen molar-refractivity contribution in [1.82, 2.24) is 9.29 Å². The van der Waals surface area contributed by atoms with Crippen LogP contribution in [0.15, 0.2) is 39.1 Å². The highest BCUT2D eigenvalue weighted by molar-refractivity contribution is 9.10. The minimum atomic E-state index is -3.56. The molecule has 5 nitrogen and oxygen atoms in total. The van der Waals surface area contributed by atoms with Crippen molar-refractivity contribution in [1.29, 1.82) is 0 Å². The first-order valence-electron chi connectivity index (χ1n) is 6.58. The summed E-state index contributed by atoms with van der Waals surface area (Å²) in [7, 11) is -3.56. The Labute approximate surface area is 146 Å². The smallest absolute Gasteiger partial charge is 0.244 e. The Bertz CT molecular complexity index is 760. The lowest BCUT2D eigenvalue weighted by Gasteiger charge is -2.33. The van der Waals surface area contributed by atoms with Crippen molar-refractivity contribution in [2.75, 3.05) is 31.1 Å². The molecule has 1 saturated heterocycles. The minimum absolute atomic E-state index is 0.153. The van der Waals surface area contributed by atoms with E-state index in [0.29, 0.717) is 26.2 Å². The molecule has 1 fully saturated rings. The van der Waals surface area contributed by atoms with Crippen LogP contribution >= 0.6 is 38.9 Å². The topological polar surface area (TPSA) is 53.5 Å². The van der Waals surface area contributed by atoms with Gasteiger partial charge in [0.1, 0.15) is 4.90 Å². The third kappa shape index (κ3) is 3.16. The normalized spacial score (nSPS) is 16.9. The van der Waals surface area contributed by atoms with Crippen LogP contribution in [-0.2, 0) is 10.0 Å². The lowest BCUT2D eigenvalue weighted by molar-refractivity contribution is 0.385. The Morgan fingerprint density at radius 3 is 2.55 bits per heavy atom. The van der Waals surface area contributed by atoms with Crippen LogP contribution in [0.1, 0.15) is 0 Å². The maximum atomic E-state index is 12.7. The first-order valence-corrected chi connectivity index (χ1v) is 10.1. The zero-order valence-corrected chi connectivity index (χ0v) is 15.4. The predicted molar refractivity (Wildman–Crippen MR) is 92.2 cm³/mol. The van der Waals surface area contributed by atoms with Crippen molar-refractivity contribution in [3.05, 3.63) is 39.3 Å². The molecule has 2 aromatic rings. The number of rotatable bonds is 3. The van der Waals surface area contributed by atoms with Gasteiger partial charge in [0.2, 0.25) is 10.0 Å². The second-order valence-corrected chi connectivity index (χ2v) is 8.88. The van der Waals surface area contributed by atoms with Crippen LogP contribution in [0.5, 0.6) is 0 Å². The van der Waals surface area contributed by atoms with Gasteiger partial charge in [-0.25, -0.2) is 13.4 Å². The fourth-order valence-electron chi connectivity index (χ4n) is 2.32. The van der Waals surface area contributed by atoms with Crippen molar-refractivity contribution < 1.29 is 8.42 Å². The van der Waals surface area contributed by atoms with E-state index >= 15 is 0 Å². The zero-order valence-electron chi connectivity index (χ0n) is 11.4. The summed E-state index contributed by atoms with van der Waals surface area (Å²) in [5.74, 6) is 0. The van der Waals surface area contributed by atoms with Gasteiger partial charge in [0, 0.05) is 42.2 Å². The average Bonchev–Trinajstić information content (AvgIpc) is 3.01. The second-order valence-electron chi connectivity index (χ2n) is 4.78. The third-order valence-corrected chi connectivity index (χ3v) is 7.15. The van der Waals surface area contributed by atoms with Crippen LogP contribution in [0.4, 0.5) is 5.13 Å². The van der Waals surface area contributed by atoms with Gasteiger partial charge in [-0.1, -0.05) is 27.5 Å². The van der Waals surface area contributed by atoms with Crippen molar-refractivity contribution in [3.63, 3.8) is 0 Å². The number of halogens is 2. The number of anilines is 1. The number of sulfonamides is 1. The number of nitrogens with zero attached hydrogens (tertiary/aromatic N) is 3.